The Morgan fingerprint density at radius 3 is 2.62 bits per heavy atom. The number of hydrogen-bond acceptors (Lipinski definition) is 8. The third-order valence-corrected chi connectivity index (χ3v) is 5.08. The van der Waals surface area contributed by atoms with Crippen molar-refractivity contribution < 1.29 is 9.32 Å². The maximum absolute atomic E-state index is 12.8. The Morgan fingerprint density at radius 2 is 1.83 bits per heavy atom. The van der Waals surface area contributed by atoms with Crippen LogP contribution in [0.2, 0.25) is 0 Å². The molecule has 29 heavy (non-hydrogen) atoms. The first-order chi connectivity index (χ1) is 14.3. The monoisotopic (exact) mass is 387 g/mol. The van der Waals surface area contributed by atoms with Gasteiger partial charge >= 0.3 is 0 Å². The van der Waals surface area contributed by atoms with E-state index in [0.29, 0.717) is 30.5 Å². The first kappa shape index (κ1) is 17.4. The maximum atomic E-state index is 12.8. The summed E-state index contributed by atoms with van der Waals surface area (Å²) in [5.74, 6) is 1.11. The van der Waals surface area contributed by atoms with Crippen LogP contribution in [0.25, 0.3) is 22.4 Å². The second kappa shape index (κ2) is 7.34. The first-order valence-electron chi connectivity index (χ1n) is 9.40. The molecule has 0 saturated carbocycles. The quantitative estimate of drug-likeness (QED) is 0.527. The number of carbonyl (C=O) groups excluding carboxylic acids is 1. The highest BCUT2D eigenvalue weighted by Crippen LogP contribution is 2.29. The van der Waals surface area contributed by atoms with Crippen LogP contribution in [0.15, 0.2) is 53.4 Å². The predicted octanol–water partition coefficient (Wildman–Crippen LogP) is 2.49. The zero-order chi connectivity index (χ0) is 19.6. The highest BCUT2D eigenvalue weighted by Gasteiger charge is 2.29. The SMILES string of the molecule is O=C(c1cnc2ccccc2n1)N1CCC(c2nc(-c3ccnnc3)no2)CC1. The molecule has 4 aromatic rings. The van der Waals surface area contributed by atoms with Gasteiger partial charge in [-0.25, -0.2) is 4.98 Å². The van der Waals surface area contributed by atoms with E-state index in [4.69, 9.17) is 4.52 Å². The van der Waals surface area contributed by atoms with Gasteiger partial charge in [-0.15, -0.1) is 0 Å². The largest absolute Gasteiger partial charge is 0.339 e. The fraction of sp³-hybridized carbons (Fsp3) is 0.250. The molecule has 1 fully saturated rings. The van der Waals surface area contributed by atoms with Gasteiger partial charge in [0.1, 0.15) is 5.69 Å². The lowest BCUT2D eigenvalue weighted by molar-refractivity contribution is 0.0698. The van der Waals surface area contributed by atoms with E-state index in [9.17, 15) is 4.79 Å². The minimum atomic E-state index is -0.101. The van der Waals surface area contributed by atoms with Crippen molar-refractivity contribution in [2.45, 2.75) is 18.8 Å². The van der Waals surface area contributed by atoms with Gasteiger partial charge in [0.2, 0.25) is 11.7 Å². The third kappa shape index (κ3) is 3.42. The van der Waals surface area contributed by atoms with Crippen molar-refractivity contribution in [3.8, 4) is 11.4 Å². The highest BCUT2D eigenvalue weighted by molar-refractivity contribution is 5.93. The van der Waals surface area contributed by atoms with Crippen LogP contribution in [0.3, 0.4) is 0 Å². The average Bonchev–Trinajstić information content (AvgIpc) is 3.29. The molecule has 0 N–H and O–H groups in total. The van der Waals surface area contributed by atoms with Gasteiger partial charge in [-0.2, -0.15) is 15.2 Å². The van der Waals surface area contributed by atoms with Gasteiger partial charge in [0.25, 0.3) is 5.91 Å². The van der Waals surface area contributed by atoms with Gasteiger partial charge in [-0.1, -0.05) is 17.3 Å². The summed E-state index contributed by atoms with van der Waals surface area (Å²) in [6.07, 6.45) is 6.24. The molecule has 0 atom stereocenters. The number of likely N-dealkylation sites (tertiary alicyclic amines) is 1. The molecule has 1 amide bonds. The minimum absolute atomic E-state index is 0.101. The zero-order valence-corrected chi connectivity index (χ0v) is 15.5. The Bertz CT molecular complexity index is 1150. The second-order valence-corrected chi connectivity index (χ2v) is 6.90. The molecule has 1 saturated heterocycles. The number of para-hydroxylation sites is 2. The van der Waals surface area contributed by atoms with Crippen LogP contribution in [-0.4, -0.2) is 54.2 Å². The van der Waals surface area contributed by atoms with E-state index in [1.54, 1.807) is 29.6 Å². The number of rotatable bonds is 3. The molecule has 1 aromatic carbocycles. The molecular formula is C20H17N7O2. The van der Waals surface area contributed by atoms with Gasteiger partial charge in [0.05, 0.1) is 29.6 Å². The fourth-order valence-corrected chi connectivity index (χ4v) is 3.49. The van der Waals surface area contributed by atoms with E-state index in [2.05, 4.69) is 30.3 Å². The summed E-state index contributed by atoms with van der Waals surface area (Å²) >= 11 is 0. The lowest BCUT2D eigenvalue weighted by atomic mass is 9.96. The van der Waals surface area contributed by atoms with Crippen molar-refractivity contribution in [3.05, 3.63) is 60.5 Å². The topological polar surface area (TPSA) is 111 Å². The van der Waals surface area contributed by atoms with Crippen LogP contribution in [0, 0.1) is 0 Å². The Balaban J connectivity index is 1.26. The molecule has 9 nitrogen and oxygen atoms in total. The van der Waals surface area contributed by atoms with Gasteiger partial charge in [0.15, 0.2) is 0 Å². The van der Waals surface area contributed by atoms with E-state index >= 15 is 0 Å². The number of piperidine rings is 1. The second-order valence-electron chi connectivity index (χ2n) is 6.90. The Hall–Kier alpha value is -3.75. The van der Waals surface area contributed by atoms with E-state index < -0.39 is 0 Å². The smallest absolute Gasteiger partial charge is 0.274 e. The number of nitrogens with zero attached hydrogens (tertiary/aromatic N) is 7. The number of amides is 1. The highest BCUT2D eigenvalue weighted by atomic mass is 16.5. The minimum Gasteiger partial charge on any atom is -0.339 e. The standard InChI is InChI=1S/C20H17N7O2/c28-20(17-12-21-15-3-1-2-4-16(15)24-17)27-9-6-13(7-10-27)19-25-18(26-29-19)14-5-8-22-23-11-14/h1-5,8,11-13H,6-7,9-10H2. The van der Waals surface area contributed by atoms with Crippen LogP contribution >= 0.6 is 0 Å². The molecule has 0 aliphatic carbocycles. The van der Waals surface area contributed by atoms with Crippen molar-refractivity contribution >= 4 is 16.9 Å². The van der Waals surface area contributed by atoms with Gasteiger partial charge in [-0.3, -0.25) is 9.78 Å². The van der Waals surface area contributed by atoms with E-state index in [1.807, 2.05) is 24.3 Å². The normalized spacial score (nSPS) is 15.0. The summed E-state index contributed by atoms with van der Waals surface area (Å²) in [5, 5.41) is 11.6. The number of hydrogen-bond donors (Lipinski definition) is 0. The molecule has 5 rings (SSSR count). The van der Waals surface area contributed by atoms with Crippen LogP contribution in [0.1, 0.15) is 35.1 Å². The Morgan fingerprint density at radius 1 is 1.00 bits per heavy atom. The van der Waals surface area contributed by atoms with Crippen molar-refractivity contribution in [1.82, 2.24) is 35.2 Å². The molecule has 0 unspecified atom stereocenters. The van der Waals surface area contributed by atoms with Crippen molar-refractivity contribution in [2.24, 2.45) is 0 Å². The zero-order valence-electron chi connectivity index (χ0n) is 15.5. The number of fused-ring (bicyclic) bond motifs is 1. The molecule has 0 radical (unpaired) electrons. The Kier molecular flexibility index (Phi) is 4.39. The molecule has 1 aliphatic heterocycles. The van der Waals surface area contributed by atoms with Crippen LogP contribution in [0.5, 0.6) is 0 Å². The Labute approximate surface area is 165 Å². The summed E-state index contributed by atoms with van der Waals surface area (Å²) in [6.45, 7) is 1.21. The predicted molar refractivity (Wildman–Crippen MR) is 103 cm³/mol. The van der Waals surface area contributed by atoms with Crippen molar-refractivity contribution in [3.63, 3.8) is 0 Å². The number of benzene rings is 1. The summed E-state index contributed by atoms with van der Waals surface area (Å²) in [5.41, 5.74) is 2.63. The van der Waals surface area contributed by atoms with Gasteiger partial charge in [-0.05, 0) is 31.0 Å². The average molecular weight is 387 g/mol. The maximum Gasteiger partial charge on any atom is 0.274 e. The molecule has 3 aromatic heterocycles. The van der Waals surface area contributed by atoms with Crippen LogP contribution in [-0.2, 0) is 0 Å². The lowest BCUT2D eigenvalue weighted by Gasteiger charge is -2.30. The van der Waals surface area contributed by atoms with Crippen molar-refractivity contribution in [1.29, 1.82) is 0 Å². The summed E-state index contributed by atoms with van der Waals surface area (Å²) < 4.78 is 5.45. The molecule has 0 bridgehead atoms. The molecule has 144 valence electrons. The summed E-state index contributed by atoms with van der Waals surface area (Å²) in [6, 6.07) is 9.31. The molecule has 9 heteroatoms. The van der Waals surface area contributed by atoms with Crippen molar-refractivity contribution in [2.75, 3.05) is 13.1 Å². The van der Waals surface area contributed by atoms with Crippen LogP contribution in [0.4, 0.5) is 0 Å². The molecule has 1 aliphatic rings. The van der Waals surface area contributed by atoms with Crippen LogP contribution < -0.4 is 0 Å². The molecular weight excluding hydrogens is 370 g/mol. The van der Waals surface area contributed by atoms with E-state index in [0.717, 1.165) is 29.4 Å². The number of aromatic nitrogens is 6. The van der Waals surface area contributed by atoms with Gasteiger partial charge in [0, 0.05) is 24.6 Å². The molecule has 0 spiro atoms. The first-order valence-corrected chi connectivity index (χ1v) is 9.40. The number of carbonyl (C=O) groups is 1. The fourth-order valence-electron chi connectivity index (χ4n) is 3.49. The molecule has 4 heterocycles. The van der Waals surface area contributed by atoms with E-state index in [-0.39, 0.29) is 11.8 Å². The third-order valence-electron chi connectivity index (χ3n) is 5.08. The lowest BCUT2D eigenvalue weighted by Crippen LogP contribution is -2.38. The summed E-state index contributed by atoms with van der Waals surface area (Å²) in [4.78, 5) is 27.9. The summed E-state index contributed by atoms with van der Waals surface area (Å²) in [7, 11) is 0. The van der Waals surface area contributed by atoms with Gasteiger partial charge < -0.3 is 9.42 Å². The van der Waals surface area contributed by atoms with E-state index in [1.165, 1.54) is 0 Å².